The van der Waals surface area contributed by atoms with Gasteiger partial charge in [-0.05, 0) is 79.3 Å². The summed E-state index contributed by atoms with van der Waals surface area (Å²) >= 11 is 0. The van der Waals surface area contributed by atoms with Crippen LogP contribution in [0, 0.1) is 28.5 Å². The smallest absolute Gasteiger partial charge is 0.123 e. The summed E-state index contributed by atoms with van der Waals surface area (Å²) in [5, 5.41) is 11.9. The van der Waals surface area contributed by atoms with E-state index in [1.807, 2.05) is 0 Å². The van der Waals surface area contributed by atoms with Crippen molar-refractivity contribution in [1.82, 2.24) is 5.32 Å². The van der Waals surface area contributed by atoms with E-state index in [1.165, 1.54) is 49.0 Å². The van der Waals surface area contributed by atoms with Gasteiger partial charge in [0.25, 0.3) is 0 Å². The Morgan fingerprint density at radius 2 is 1.94 bits per heavy atom. The van der Waals surface area contributed by atoms with E-state index in [0.717, 1.165) is 30.8 Å². The number of nitrogens with zero attached hydrogens (tertiary/aromatic N) is 1. The van der Waals surface area contributed by atoms with E-state index in [1.54, 1.807) is 18.3 Å². The Morgan fingerprint density at radius 1 is 1.18 bits per heavy atom. The lowest BCUT2D eigenvalue weighted by Gasteiger charge is -2.40. The molecule has 0 radical (unpaired) electrons. The van der Waals surface area contributed by atoms with E-state index in [0.29, 0.717) is 12.0 Å². The van der Waals surface area contributed by atoms with Crippen molar-refractivity contribution in [3.63, 3.8) is 0 Å². The number of rotatable bonds is 9. The number of hydrogen-bond acceptors (Lipinski definition) is 3. The normalized spacial score (nSPS) is 26.6. The van der Waals surface area contributed by atoms with Gasteiger partial charge in [-0.15, -0.1) is 0 Å². The zero-order chi connectivity index (χ0) is 23.3. The molecular weight excluding hydrogens is 409 g/mol. The lowest BCUT2D eigenvalue weighted by molar-refractivity contribution is 0.206. The van der Waals surface area contributed by atoms with Gasteiger partial charge in [-0.25, -0.2) is 4.39 Å². The number of benzene rings is 2. The first-order valence-corrected chi connectivity index (χ1v) is 12.3. The van der Waals surface area contributed by atoms with E-state index >= 15 is 0 Å². The molecule has 2 aliphatic carbocycles. The molecule has 0 aliphatic heterocycles. The van der Waals surface area contributed by atoms with Gasteiger partial charge >= 0.3 is 0 Å². The van der Waals surface area contributed by atoms with Crippen molar-refractivity contribution in [3.05, 3.63) is 77.6 Å². The van der Waals surface area contributed by atoms with Crippen LogP contribution in [0.3, 0.4) is 0 Å². The van der Waals surface area contributed by atoms with Crippen molar-refractivity contribution >= 4 is 17.6 Å². The van der Waals surface area contributed by atoms with Gasteiger partial charge < -0.3 is 10.7 Å². The molecule has 2 aromatic carbocycles. The molecule has 2 aliphatic rings. The Balaban J connectivity index is 1.50. The van der Waals surface area contributed by atoms with Crippen LogP contribution in [-0.4, -0.2) is 18.0 Å². The highest BCUT2D eigenvalue weighted by Gasteiger charge is 2.47. The fraction of sp³-hybridized carbons (Fsp3) is 0.448. The molecular formula is C29H36FN3. The Hall–Kier alpha value is -2.59. The van der Waals surface area contributed by atoms with Gasteiger partial charge in [-0.3, -0.25) is 4.99 Å². The van der Waals surface area contributed by atoms with Crippen molar-refractivity contribution in [2.75, 3.05) is 0 Å². The molecule has 33 heavy (non-hydrogen) atoms. The summed E-state index contributed by atoms with van der Waals surface area (Å²) in [5.74, 6) is 0.364. The van der Waals surface area contributed by atoms with E-state index in [-0.39, 0.29) is 17.2 Å². The van der Waals surface area contributed by atoms with E-state index in [4.69, 9.17) is 10.4 Å². The molecule has 0 spiro atoms. The van der Waals surface area contributed by atoms with Crippen molar-refractivity contribution in [2.24, 2.45) is 22.2 Å². The maximum atomic E-state index is 13.3. The fourth-order valence-corrected chi connectivity index (χ4v) is 5.73. The molecule has 0 heterocycles. The first-order valence-electron chi connectivity index (χ1n) is 12.3. The van der Waals surface area contributed by atoms with Crippen molar-refractivity contribution in [3.8, 4) is 0 Å². The lowest BCUT2D eigenvalue weighted by Crippen LogP contribution is -2.38. The zero-order valence-electron chi connectivity index (χ0n) is 19.9. The van der Waals surface area contributed by atoms with Crippen LogP contribution in [-0.2, 0) is 6.54 Å². The van der Waals surface area contributed by atoms with Crippen LogP contribution in [0.2, 0.25) is 0 Å². The summed E-state index contributed by atoms with van der Waals surface area (Å²) in [6, 6.07) is 17.5. The second-order valence-corrected chi connectivity index (χ2v) is 9.90. The minimum atomic E-state index is -0.252. The molecule has 1 saturated carbocycles. The van der Waals surface area contributed by atoms with Crippen LogP contribution in [0.25, 0.3) is 0 Å². The van der Waals surface area contributed by atoms with Gasteiger partial charge in [-0.1, -0.05) is 56.2 Å². The van der Waals surface area contributed by atoms with Crippen LogP contribution in [0.4, 0.5) is 10.1 Å². The van der Waals surface area contributed by atoms with Crippen LogP contribution < -0.4 is 5.32 Å². The number of allylic oxidation sites excluding steroid dienone is 2. The molecule has 174 valence electrons. The Bertz CT molecular complexity index is 995. The van der Waals surface area contributed by atoms with Gasteiger partial charge in [0.15, 0.2) is 0 Å². The highest BCUT2D eigenvalue weighted by Crippen LogP contribution is 2.55. The Labute approximate surface area is 197 Å². The van der Waals surface area contributed by atoms with E-state index in [9.17, 15) is 4.39 Å². The molecule has 4 atom stereocenters. The molecule has 4 unspecified atom stereocenters. The number of aliphatic imine (C=N–C) groups is 1. The number of halogens is 1. The largest absolute Gasteiger partial charge is 0.312 e. The molecule has 0 aromatic heterocycles. The summed E-state index contributed by atoms with van der Waals surface area (Å²) in [4.78, 5) is 4.79. The van der Waals surface area contributed by atoms with Crippen molar-refractivity contribution in [1.29, 1.82) is 5.41 Å². The summed E-state index contributed by atoms with van der Waals surface area (Å²) in [6.07, 6.45) is 10.6. The molecule has 3 nitrogen and oxygen atoms in total. The van der Waals surface area contributed by atoms with Crippen molar-refractivity contribution in [2.45, 2.75) is 65.0 Å². The summed E-state index contributed by atoms with van der Waals surface area (Å²) < 4.78 is 13.3. The monoisotopic (exact) mass is 445 g/mol. The van der Waals surface area contributed by atoms with Gasteiger partial charge in [0.1, 0.15) is 5.82 Å². The third-order valence-electron chi connectivity index (χ3n) is 7.67. The average molecular weight is 446 g/mol. The van der Waals surface area contributed by atoms with Crippen LogP contribution >= 0.6 is 0 Å². The molecule has 2 aromatic rings. The molecule has 0 amide bonds. The third kappa shape index (κ3) is 5.50. The molecule has 2 N–H and O–H groups in total. The zero-order valence-corrected chi connectivity index (χ0v) is 19.9. The third-order valence-corrected chi connectivity index (χ3v) is 7.67. The van der Waals surface area contributed by atoms with Gasteiger partial charge in [-0.2, -0.15) is 0 Å². The number of fused-ring (bicyclic) bond motifs is 1. The summed E-state index contributed by atoms with van der Waals surface area (Å²) in [5.41, 5.74) is 4.62. The summed E-state index contributed by atoms with van der Waals surface area (Å²) in [6.45, 7) is 5.58. The Kier molecular flexibility index (Phi) is 7.54. The molecule has 1 fully saturated rings. The predicted octanol–water partition coefficient (Wildman–Crippen LogP) is 7.26. The lowest BCUT2D eigenvalue weighted by atomic mass is 9.65. The highest BCUT2D eigenvalue weighted by molar-refractivity contribution is 6.07. The van der Waals surface area contributed by atoms with Gasteiger partial charge in [0.2, 0.25) is 0 Å². The fourth-order valence-electron chi connectivity index (χ4n) is 5.73. The second kappa shape index (κ2) is 10.6. The first kappa shape index (κ1) is 23.6. The van der Waals surface area contributed by atoms with Crippen LogP contribution in [0.1, 0.15) is 57.9 Å². The maximum absolute atomic E-state index is 13.3. The average Bonchev–Trinajstić information content (AvgIpc) is 3.14. The molecule has 0 saturated heterocycles. The SMILES string of the molecule is CCCC(CC1CCC2=CC(=Nc3ccc(F)cc3)C(C=N)CC21C)NCc1ccccc1. The molecule has 4 rings (SSSR count). The number of nitrogens with one attached hydrogen (secondary N) is 2. The predicted molar refractivity (Wildman–Crippen MR) is 136 cm³/mol. The minimum absolute atomic E-state index is 0.00584. The standard InChI is InChI=1S/C29H36FN3/c1-3-7-27(32-20-21-8-5-4-6-9-21)16-23-10-11-24-17-28(22(19-31)18-29(23,24)2)33-26-14-12-25(30)13-15-26/h4-6,8-9,12-15,17,19,22-23,27,31-32H,3,7,10-11,16,18,20H2,1-2H3. The van der Waals surface area contributed by atoms with Crippen molar-refractivity contribution < 1.29 is 4.39 Å². The second-order valence-electron chi connectivity index (χ2n) is 9.90. The summed E-state index contributed by atoms with van der Waals surface area (Å²) in [7, 11) is 0. The van der Waals surface area contributed by atoms with Crippen LogP contribution in [0.5, 0.6) is 0 Å². The number of hydrogen-bond donors (Lipinski definition) is 2. The Morgan fingerprint density at radius 3 is 2.64 bits per heavy atom. The van der Waals surface area contributed by atoms with E-state index < -0.39 is 0 Å². The van der Waals surface area contributed by atoms with E-state index in [2.05, 4.69) is 55.6 Å². The molecule has 0 bridgehead atoms. The quantitative estimate of drug-likeness (QED) is 0.392. The first-order chi connectivity index (χ1) is 16.0. The molecule has 4 heteroatoms. The topological polar surface area (TPSA) is 48.2 Å². The highest BCUT2D eigenvalue weighted by atomic mass is 19.1. The minimum Gasteiger partial charge on any atom is -0.312 e. The van der Waals surface area contributed by atoms with Gasteiger partial charge in [0.05, 0.1) is 5.69 Å². The van der Waals surface area contributed by atoms with Crippen LogP contribution in [0.15, 0.2) is 71.2 Å². The van der Waals surface area contributed by atoms with Gasteiger partial charge in [0, 0.05) is 30.4 Å². The maximum Gasteiger partial charge on any atom is 0.123 e.